The number of hydrogen-bond acceptors (Lipinski definition) is 3. The summed E-state index contributed by atoms with van der Waals surface area (Å²) >= 11 is 0. The Morgan fingerprint density at radius 3 is 2.77 bits per heavy atom. The van der Waals surface area contributed by atoms with Gasteiger partial charge in [-0.2, -0.15) is 0 Å². The van der Waals surface area contributed by atoms with Crippen molar-refractivity contribution < 1.29 is 14.6 Å². The van der Waals surface area contributed by atoms with Crippen molar-refractivity contribution in [1.29, 1.82) is 0 Å². The van der Waals surface area contributed by atoms with Crippen molar-refractivity contribution in [3.05, 3.63) is 0 Å². The van der Waals surface area contributed by atoms with Crippen molar-refractivity contribution in [2.24, 2.45) is 23.2 Å². The van der Waals surface area contributed by atoms with Gasteiger partial charge >= 0.3 is 0 Å². The molecule has 1 heterocycles. The zero-order valence-electron chi connectivity index (χ0n) is 7.86. The minimum atomic E-state index is -0.167. The first-order valence-electron chi connectivity index (χ1n) is 4.89. The molecule has 0 aromatic rings. The number of fused-ring (bicyclic) bond motifs is 3. The van der Waals surface area contributed by atoms with Crippen molar-refractivity contribution in [3.8, 4) is 0 Å². The molecule has 0 aromatic carbocycles. The average molecular weight is 182 g/mol. The zero-order valence-corrected chi connectivity index (χ0v) is 7.86. The number of Topliss-reactive ketones (excluding diaryl/α,β-unsaturated/α-hetero) is 1. The van der Waals surface area contributed by atoms with Crippen molar-refractivity contribution in [2.75, 3.05) is 6.61 Å². The van der Waals surface area contributed by atoms with E-state index in [4.69, 9.17) is 9.84 Å². The number of carbonyl (C=O) groups excluding carboxylic acids is 1. The Morgan fingerprint density at radius 1 is 1.46 bits per heavy atom. The molecule has 5 unspecified atom stereocenters. The van der Waals surface area contributed by atoms with Gasteiger partial charge in [0.1, 0.15) is 6.10 Å². The van der Waals surface area contributed by atoms with Gasteiger partial charge in [0.2, 0.25) is 0 Å². The Balaban J connectivity index is 1.94. The summed E-state index contributed by atoms with van der Waals surface area (Å²) in [6, 6.07) is 0. The first kappa shape index (κ1) is 7.94. The standard InChI is InChI=1S/C10H14O3/c1-10(2)5-4(3-11)7(12)9-8(13-9)6(5)10/h4-6,8-9,11H,3H2,1-2H3. The molecule has 5 atom stereocenters. The SMILES string of the molecule is CC1(C)C2C(CO)C(=O)C3OC3C21. The third-order valence-electron chi connectivity index (χ3n) is 4.15. The highest BCUT2D eigenvalue weighted by Crippen LogP contribution is 2.70. The van der Waals surface area contributed by atoms with Crippen LogP contribution < -0.4 is 0 Å². The quantitative estimate of drug-likeness (QED) is 0.590. The maximum Gasteiger partial charge on any atom is 0.169 e. The molecular weight excluding hydrogens is 168 g/mol. The van der Waals surface area contributed by atoms with E-state index in [0.29, 0.717) is 11.8 Å². The Hall–Kier alpha value is -0.410. The predicted octanol–water partition coefficient (Wildman–Crippen LogP) is 0.217. The van der Waals surface area contributed by atoms with Crippen LogP contribution in [0.5, 0.6) is 0 Å². The Labute approximate surface area is 77.1 Å². The summed E-state index contributed by atoms with van der Waals surface area (Å²) in [4.78, 5) is 11.6. The molecule has 0 spiro atoms. The van der Waals surface area contributed by atoms with Crippen LogP contribution in [0.4, 0.5) is 0 Å². The maximum absolute atomic E-state index is 11.6. The largest absolute Gasteiger partial charge is 0.396 e. The number of ether oxygens (including phenoxy) is 1. The van der Waals surface area contributed by atoms with Crippen LogP contribution in [0.15, 0.2) is 0 Å². The van der Waals surface area contributed by atoms with E-state index in [1.165, 1.54) is 0 Å². The van der Waals surface area contributed by atoms with Gasteiger partial charge in [-0.3, -0.25) is 4.79 Å². The second-order valence-electron chi connectivity index (χ2n) is 5.09. The van der Waals surface area contributed by atoms with E-state index in [1.54, 1.807) is 0 Å². The topological polar surface area (TPSA) is 49.8 Å². The number of ketones is 1. The Bertz CT molecular complexity index is 284. The molecule has 3 aliphatic rings. The molecule has 3 fully saturated rings. The van der Waals surface area contributed by atoms with Gasteiger partial charge in [0, 0.05) is 5.92 Å². The van der Waals surface area contributed by atoms with Crippen LogP contribution >= 0.6 is 0 Å². The molecule has 1 saturated heterocycles. The molecule has 1 aliphatic heterocycles. The maximum atomic E-state index is 11.6. The van der Waals surface area contributed by atoms with Crippen LogP contribution in [-0.2, 0) is 9.53 Å². The number of aliphatic hydroxyl groups excluding tert-OH is 1. The average Bonchev–Trinajstić information content (AvgIpc) is 2.90. The summed E-state index contributed by atoms with van der Waals surface area (Å²) in [6.45, 7) is 4.33. The Morgan fingerprint density at radius 2 is 2.15 bits per heavy atom. The van der Waals surface area contributed by atoms with Crippen LogP contribution in [0.1, 0.15) is 13.8 Å². The van der Waals surface area contributed by atoms with Crippen LogP contribution in [0.25, 0.3) is 0 Å². The van der Waals surface area contributed by atoms with E-state index >= 15 is 0 Å². The molecule has 1 N–H and O–H groups in total. The fourth-order valence-corrected chi connectivity index (χ4v) is 3.33. The molecule has 0 aromatic heterocycles. The van der Waals surface area contributed by atoms with Crippen molar-refractivity contribution in [3.63, 3.8) is 0 Å². The second-order valence-corrected chi connectivity index (χ2v) is 5.09. The van der Waals surface area contributed by atoms with Gasteiger partial charge in [-0.15, -0.1) is 0 Å². The van der Waals surface area contributed by atoms with Gasteiger partial charge in [-0.05, 0) is 17.3 Å². The molecule has 2 aliphatic carbocycles. The first-order valence-corrected chi connectivity index (χ1v) is 4.89. The molecular formula is C10H14O3. The van der Waals surface area contributed by atoms with E-state index < -0.39 is 0 Å². The lowest BCUT2D eigenvalue weighted by molar-refractivity contribution is -0.126. The van der Waals surface area contributed by atoms with E-state index in [2.05, 4.69) is 13.8 Å². The van der Waals surface area contributed by atoms with E-state index in [1.807, 2.05) is 0 Å². The highest BCUT2D eigenvalue weighted by molar-refractivity contribution is 5.90. The third kappa shape index (κ3) is 0.754. The van der Waals surface area contributed by atoms with E-state index in [9.17, 15) is 4.79 Å². The second kappa shape index (κ2) is 1.98. The lowest BCUT2D eigenvalue weighted by atomic mass is 9.88. The normalized spacial score (nSPS) is 55.3. The monoisotopic (exact) mass is 182 g/mol. The van der Waals surface area contributed by atoms with Gasteiger partial charge in [-0.1, -0.05) is 13.8 Å². The fraction of sp³-hybridized carbons (Fsp3) is 0.900. The molecule has 13 heavy (non-hydrogen) atoms. The van der Waals surface area contributed by atoms with E-state index in [0.717, 1.165) is 0 Å². The van der Waals surface area contributed by atoms with Crippen molar-refractivity contribution in [2.45, 2.75) is 26.1 Å². The minimum Gasteiger partial charge on any atom is -0.396 e. The van der Waals surface area contributed by atoms with Crippen LogP contribution in [0.2, 0.25) is 0 Å². The van der Waals surface area contributed by atoms with Gasteiger partial charge in [0.25, 0.3) is 0 Å². The predicted molar refractivity (Wildman–Crippen MR) is 45.0 cm³/mol. The third-order valence-corrected chi connectivity index (χ3v) is 4.15. The van der Waals surface area contributed by atoms with Crippen molar-refractivity contribution in [1.82, 2.24) is 0 Å². The molecule has 0 amide bonds. The van der Waals surface area contributed by atoms with Crippen LogP contribution in [0, 0.1) is 23.2 Å². The Kier molecular flexibility index (Phi) is 1.21. The number of epoxide rings is 1. The highest BCUT2D eigenvalue weighted by atomic mass is 16.6. The molecule has 3 nitrogen and oxygen atoms in total. The summed E-state index contributed by atoms with van der Waals surface area (Å²) in [5.41, 5.74) is 0.207. The smallest absolute Gasteiger partial charge is 0.169 e. The summed E-state index contributed by atoms with van der Waals surface area (Å²) in [5, 5.41) is 9.15. The number of hydrogen-bond donors (Lipinski definition) is 1. The van der Waals surface area contributed by atoms with Gasteiger partial charge in [0.15, 0.2) is 5.78 Å². The summed E-state index contributed by atoms with van der Waals surface area (Å²) in [5.74, 6) is 0.879. The summed E-state index contributed by atoms with van der Waals surface area (Å²) < 4.78 is 5.35. The molecule has 0 bridgehead atoms. The molecule has 2 saturated carbocycles. The van der Waals surface area contributed by atoms with E-state index in [-0.39, 0.29) is 35.9 Å². The number of rotatable bonds is 1. The van der Waals surface area contributed by atoms with Gasteiger partial charge < -0.3 is 9.84 Å². The molecule has 0 radical (unpaired) electrons. The van der Waals surface area contributed by atoms with Gasteiger partial charge in [0.05, 0.1) is 12.7 Å². The van der Waals surface area contributed by atoms with Crippen LogP contribution in [0.3, 0.4) is 0 Å². The summed E-state index contributed by atoms with van der Waals surface area (Å²) in [6.07, 6.45) is 0.0236. The molecule has 3 heteroatoms. The lowest BCUT2D eigenvalue weighted by Gasteiger charge is -2.14. The lowest BCUT2D eigenvalue weighted by Crippen LogP contribution is -2.31. The highest BCUT2D eigenvalue weighted by Gasteiger charge is 2.75. The summed E-state index contributed by atoms with van der Waals surface area (Å²) in [7, 11) is 0. The van der Waals surface area contributed by atoms with Gasteiger partial charge in [-0.25, -0.2) is 0 Å². The molecule has 3 rings (SSSR count). The number of carbonyl (C=O) groups is 1. The van der Waals surface area contributed by atoms with Crippen LogP contribution in [-0.4, -0.2) is 29.7 Å². The van der Waals surface area contributed by atoms with Crippen molar-refractivity contribution >= 4 is 5.78 Å². The fourth-order valence-electron chi connectivity index (χ4n) is 3.33. The first-order chi connectivity index (χ1) is 6.09. The number of aliphatic hydroxyl groups is 1. The molecule has 72 valence electrons. The zero-order chi connectivity index (χ0) is 9.38. The minimum absolute atomic E-state index is 0.00396.